The number of hydrogen-bond acceptors (Lipinski definition) is 8. The summed E-state index contributed by atoms with van der Waals surface area (Å²) in [7, 11) is 0. The van der Waals surface area contributed by atoms with Gasteiger partial charge < -0.3 is 19.9 Å². The zero-order valence-corrected chi connectivity index (χ0v) is 16.3. The van der Waals surface area contributed by atoms with E-state index in [-0.39, 0.29) is 40.8 Å². The van der Waals surface area contributed by atoms with Crippen molar-refractivity contribution in [2.24, 2.45) is 0 Å². The van der Waals surface area contributed by atoms with Crippen LogP contribution >= 0.6 is 11.3 Å². The Hall–Kier alpha value is -3.05. The van der Waals surface area contributed by atoms with Gasteiger partial charge in [0.15, 0.2) is 6.61 Å². The van der Waals surface area contributed by atoms with Crippen LogP contribution in [0.15, 0.2) is 18.2 Å². The molecule has 2 aromatic rings. The summed E-state index contributed by atoms with van der Waals surface area (Å²) < 4.78 is 15.7. The molecule has 1 heterocycles. The van der Waals surface area contributed by atoms with Gasteiger partial charge in [0.2, 0.25) is 0 Å². The Balaban J connectivity index is 1.61. The Morgan fingerprint density at radius 2 is 2.04 bits per heavy atom. The lowest BCUT2D eigenvalue weighted by Crippen LogP contribution is -2.16. The van der Waals surface area contributed by atoms with Gasteiger partial charge in [0.1, 0.15) is 28.3 Å². The highest BCUT2D eigenvalue weighted by atomic mass is 32.1. The average Bonchev–Trinajstić information content (AvgIpc) is 3.28. The summed E-state index contributed by atoms with van der Waals surface area (Å²) >= 11 is 0.945. The number of nitriles is 1. The minimum Gasteiger partial charge on any atom is -0.482 e. The zero-order valence-electron chi connectivity index (χ0n) is 15.4. The predicted octanol–water partition coefficient (Wildman–Crippen LogP) is 2.99. The number of anilines is 1. The van der Waals surface area contributed by atoms with Crippen molar-refractivity contribution in [1.29, 1.82) is 5.26 Å². The summed E-state index contributed by atoms with van der Waals surface area (Å²) in [6.07, 6.45) is 3.23. The molecule has 0 unspecified atom stereocenters. The number of carbonyl (C=O) groups is 2. The number of rotatable bonds is 7. The number of hydrogen-bond donors (Lipinski definition) is 1. The minimum atomic E-state index is -0.607. The monoisotopic (exact) mass is 400 g/mol. The van der Waals surface area contributed by atoms with Gasteiger partial charge in [-0.25, -0.2) is 9.59 Å². The van der Waals surface area contributed by atoms with Gasteiger partial charge in [-0.2, -0.15) is 5.26 Å². The van der Waals surface area contributed by atoms with Crippen LogP contribution in [0.25, 0.3) is 0 Å². The first-order valence-corrected chi connectivity index (χ1v) is 9.73. The smallest absolute Gasteiger partial charge is 0.348 e. The van der Waals surface area contributed by atoms with E-state index in [1.165, 1.54) is 11.1 Å². The van der Waals surface area contributed by atoms with Crippen molar-refractivity contribution < 1.29 is 23.8 Å². The molecule has 1 aliphatic rings. The topological polar surface area (TPSA) is 112 Å². The molecule has 0 amide bonds. The van der Waals surface area contributed by atoms with Gasteiger partial charge in [-0.3, -0.25) is 0 Å². The number of nitrogens with zero attached hydrogens (tertiary/aromatic N) is 1. The standard InChI is InChI=1S/C20H20N2O5S/c1-2-25-20(24)18-16(15(9-21)19(22)28-18)10-27-17(23)11-26-14-7-6-12-4-3-5-13(12)8-14/h6-8H,2-5,10-11,22H2,1H3. The van der Waals surface area contributed by atoms with Crippen LogP contribution in [-0.4, -0.2) is 25.2 Å². The third-order valence-corrected chi connectivity index (χ3v) is 5.45. The van der Waals surface area contributed by atoms with E-state index < -0.39 is 11.9 Å². The number of ether oxygens (including phenoxy) is 3. The van der Waals surface area contributed by atoms with Crippen LogP contribution < -0.4 is 10.5 Å². The van der Waals surface area contributed by atoms with E-state index in [1.54, 1.807) is 6.92 Å². The minimum absolute atomic E-state index is 0.125. The first kappa shape index (κ1) is 19.7. The summed E-state index contributed by atoms with van der Waals surface area (Å²) in [5.41, 5.74) is 8.75. The molecule has 7 nitrogen and oxygen atoms in total. The first-order chi connectivity index (χ1) is 13.5. The zero-order chi connectivity index (χ0) is 20.1. The molecule has 0 saturated heterocycles. The number of thiophene rings is 1. The molecule has 0 radical (unpaired) electrons. The van der Waals surface area contributed by atoms with Crippen LogP contribution in [0.3, 0.4) is 0 Å². The maximum Gasteiger partial charge on any atom is 0.348 e. The molecule has 1 aromatic carbocycles. The molecular formula is C20H20N2O5S. The van der Waals surface area contributed by atoms with E-state index in [9.17, 15) is 14.9 Å². The maximum atomic E-state index is 12.1. The normalized spacial score (nSPS) is 12.1. The van der Waals surface area contributed by atoms with Crippen molar-refractivity contribution in [2.45, 2.75) is 32.8 Å². The number of nitrogens with two attached hydrogens (primary N) is 1. The quantitative estimate of drug-likeness (QED) is 0.711. The van der Waals surface area contributed by atoms with E-state index in [0.29, 0.717) is 5.75 Å². The van der Waals surface area contributed by atoms with Crippen molar-refractivity contribution in [3.05, 3.63) is 45.3 Å². The third-order valence-electron chi connectivity index (χ3n) is 4.41. The lowest BCUT2D eigenvalue weighted by atomic mass is 10.1. The summed E-state index contributed by atoms with van der Waals surface area (Å²) in [6, 6.07) is 7.74. The lowest BCUT2D eigenvalue weighted by molar-refractivity contribution is -0.147. The second-order valence-electron chi connectivity index (χ2n) is 6.21. The van der Waals surface area contributed by atoms with Crippen LogP contribution in [0.5, 0.6) is 5.75 Å². The van der Waals surface area contributed by atoms with Gasteiger partial charge in [-0.05, 0) is 49.4 Å². The fourth-order valence-corrected chi connectivity index (χ4v) is 4.00. The SMILES string of the molecule is CCOC(=O)c1sc(N)c(C#N)c1COC(=O)COc1ccc2c(c1)CCC2. The fraction of sp³-hybridized carbons (Fsp3) is 0.350. The van der Waals surface area contributed by atoms with E-state index >= 15 is 0 Å². The molecule has 1 aromatic heterocycles. The molecule has 0 aliphatic heterocycles. The van der Waals surface area contributed by atoms with Crippen LogP contribution in [0, 0.1) is 11.3 Å². The van der Waals surface area contributed by atoms with E-state index in [2.05, 4.69) is 0 Å². The van der Waals surface area contributed by atoms with Crippen molar-refractivity contribution in [2.75, 3.05) is 18.9 Å². The Kier molecular flexibility index (Phi) is 6.16. The third kappa shape index (κ3) is 4.26. The predicted molar refractivity (Wildman–Crippen MR) is 103 cm³/mol. The van der Waals surface area contributed by atoms with Crippen LogP contribution in [-0.2, 0) is 33.7 Å². The maximum absolute atomic E-state index is 12.1. The average molecular weight is 400 g/mol. The second-order valence-corrected chi connectivity index (χ2v) is 7.27. The lowest BCUT2D eigenvalue weighted by Gasteiger charge is -2.09. The van der Waals surface area contributed by atoms with Crippen LogP contribution in [0.1, 0.15) is 45.3 Å². The van der Waals surface area contributed by atoms with Gasteiger partial charge in [-0.1, -0.05) is 6.07 Å². The van der Waals surface area contributed by atoms with Gasteiger partial charge in [0, 0.05) is 5.56 Å². The highest BCUT2D eigenvalue weighted by Gasteiger charge is 2.24. The highest BCUT2D eigenvalue weighted by molar-refractivity contribution is 7.18. The number of aryl methyl sites for hydroxylation is 2. The highest BCUT2D eigenvalue weighted by Crippen LogP contribution is 2.32. The van der Waals surface area contributed by atoms with Gasteiger partial charge in [-0.15, -0.1) is 11.3 Å². The molecule has 28 heavy (non-hydrogen) atoms. The summed E-state index contributed by atoms with van der Waals surface area (Å²) in [4.78, 5) is 24.3. The van der Waals surface area contributed by atoms with E-state index in [4.69, 9.17) is 19.9 Å². The summed E-state index contributed by atoms with van der Waals surface area (Å²) in [5, 5.41) is 9.46. The van der Waals surface area contributed by atoms with Crippen molar-refractivity contribution in [3.8, 4) is 11.8 Å². The number of benzene rings is 1. The van der Waals surface area contributed by atoms with Crippen molar-refractivity contribution in [1.82, 2.24) is 0 Å². The summed E-state index contributed by atoms with van der Waals surface area (Å²) in [6.45, 7) is 1.34. The number of carbonyl (C=O) groups excluding carboxylic acids is 2. The molecule has 0 spiro atoms. The molecular weight excluding hydrogens is 380 g/mol. The Morgan fingerprint density at radius 1 is 1.25 bits per heavy atom. The molecule has 1 aliphatic carbocycles. The molecule has 8 heteroatoms. The largest absolute Gasteiger partial charge is 0.482 e. The van der Waals surface area contributed by atoms with Gasteiger partial charge >= 0.3 is 11.9 Å². The fourth-order valence-electron chi connectivity index (χ4n) is 3.08. The number of esters is 2. The molecule has 3 rings (SSSR count). The second kappa shape index (κ2) is 8.76. The van der Waals surface area contributed by atoms with Crippen molar-refractivity contribution in [3.63, 3.8) is 0 Å². The molecule has 146 valence electrons. The summed E-state index contributed by atoms with van der Waals surface area (Å²) in [5.74, 6) is -0.590. The van der Waals surface area contributed by atoms with Crippen molar-refractivity contribution >= 4 is 28.3 Å². The first-order valence-electron chi connectivity index (χ1n) is 8.92. The Labute approximate surface area is 166 Å². The van der Waals surface area contributed by atoms with Gasteiger partial charge in [0.05, 0.1) is 12.2 Å². The number of nitrogen functional groups attached to an aromatic ring is 1. The molecule has 0 fully saturated rings. The molecule has 0 saturated carbocycles. The Morgan fingerprint density at radius 3 is 2.79 bits per heavy atom. The van der Waals surface area contributed by atoms with E-state index in [0.717, 1.165) is 30.6 Å². The molecule has 2 N–H and O–H groups in total. The Bertz CT molecular complexity index is 945. The van der Waals surface area contributed by atoms with Crippen LogP contribution in [0.4, 0.5) is 5.00 Å². The molecule has 0 atom stereocenters. The van der Waals surface area contributed by atoms with Crippen LogP contribution in [0.2, 0.25) is 0 Å². The molecule has 0 bridgehead atoms. The van der Waals surface area contributed by atoms with E-state index in [1.807, 2.05) is 24.3 Å². The number of fused-ring (bicyclic) bond motifs is 1. The van der Waals surface area contributed by atoms with Gasteiger partial charge in [0.25, 0.3) is 0 Å².